The van der Waals surface area contributed by atoms with Crippen molar-refractivity contribution in [3.8, 4) is 0 Å². The first-order valence-corrected chi connectivity index (χ1v) is 6.50. The summed E-state index contributed by atoms with van der Waals surface area (Å²) in [6, 6.07) is 7.68. The van der Waals surface area contributed by atoms with Gasteiger partial charge < -0.3 is 5.32 Å². The molecule has 112 valence electrons. The summed E-state index contributed by atoms with van der Waals surface area (Å²) >= 11 is 5.96. The predicted octanol–water partition coefficient (Wildman–Crippen LogP) is 5.42. The van der Waals surface area contributed by atoms with Crippen LogP contribution < -0.4 is 5.32 Å². The fourth-order valence-electron chi connectivity index (χ4n) is 1.82. The van der Waals surface area contributed by atoms with Crippen LogP contribution in [0.25, 0.3) is 0 Å². The Hall–Kier alpha value is -1.75. The van der Waals surface area contributed by atoms with E-state index in [2.05, 4.69) is 5.32 Å². The highest BCUT2D eigenvalue weighted by molar-refractivity contribution is 6.31. The maximum Gasteiger partial charge on any atom is 0.416 e. The van der Waals surface area contributed by atoms with Crippen LogP contribution in [0.3, 0.4) is 0 Å². The first-order valence-electron chi connectivity index (χ1n) is 6.12. The Bertz CT molecular complexity index is 653. The molecule has 2 aromatic rings. The summed E-state index contributed by atoms with van der Waals surface area (Å²) in [5.41, 5.74) is 0.760. The first kappa shape index (κ1) is 15.6. The molecule has 0 amide bonds. The second kappa shape index (κ2) is 5.93. The monoisotopic (exact) mass is 317 g/mol. The van der Waals surface area contributed by atoms with E-state index in [4.69, 9.17) is 11.6 Å². The molecule has 0 saturated carbocycles. The molecule has 0 aliphatic heterocycles. The standard InChI is InChI=1S/C15H12ClF4N/c1-9-2-3-13(7-14(9)16)21-8-10-4-11(15(18,19)20)6-12(17)5-10/h2-7,21H,8H2,1H3. The maximum atomic E-state index is 13.3. The van der Waals surface area contributed by atoms with Crippen LogP contribution in [0.5, 0.6) is 0 Å². The average molecular weight is 318 g/mol. The zero-order chi connectivity index (χ0) is 15.6. The molecule has 0 heterocycles. The molecule has 0 fully saturated rings. The van der Waals surface area contributed by atoms with Gasteiger partial charge >= 0.3 is 6.18 Å². The van der Waals surface area contributed by atoms with E-state index in [0.29, 0.717) is 16.8 Å². The summed E-state index contributed by atoms with van der Waals surface area (Å²) in [5, 5.41) is 3.47. The molecule has 0 saturated heterocycles. The molecule has 0 aromatic heterocycles. The molecule has 0 bridgehead atoms. The van der Waals surface area contributed by atoms with Crippen molar-refractivity contribution in [2.75, 3.05) is 5.32 Å². The molecule has 0 radical (unpaired) electrons. The van der Waals surface area contributed by atoms with Crippen LogP contribution in [-0.2, 0) is 12.7 Å². The molecule has 0 unspecified atom stereocenters. The topological polar surface area (TPSA) is 12.0 Å². The Kier molecular flexibility index (Phi) is 4.42. The Morgan fingerprint density at radius 1 is 1.10 bits per heavy atom. The first-order chi connectivity index (χ1) is 9.75. The Labute approximate surface area is 124 Å². The van der Waals surface area contributed by atoms with Crippen molar-refractivity contribution in [2.45, 2.75) is 19.6 Å². The lowest BCUT2D eigenvalue weighted by Crippen LogP contribution is -2.08. The summed E-state index contributed by atoms with van der Waals surface area (Å²) in [6.07, 6.45) is -4.57. The van der Waals surface area contributed by atoms with E-state index in [0.717, 1.165) is 17.7 Å². The van der Waals surface area contributed by atoms with E-state index >= 15 is 0 Å². The van der Waals surface area contributed by atoms with Crippen molar-refractivity contribution in [1.82, 2.24) is 0 Å². The number of nitrogens with one attached hydrogen (secondary N) is 1. The van der Waals surface area contributed by atoms with Gasteiger partial charge in [-0.05, 0) is 48.4 Å². The molecule has 6 heteroatoms. The number of rotatable bonds is 3. The molecule has 0 spiro atoms. The lowest BCUT2D eigenvalue weighted by Gasteiger charge is -2.11. The highest BCUT2D eigenvalue weighted by atomic mass is 35.5. The lowest BCUT2D eigenvalue weighted by atomic mass is 10.1. The van der Waals surface area contributed by atoms with Crippen molar-refractivity contribution in [3.05, 3.63) is 63.9 Å². The van der Waals surface area contributed by atoms with Gasteiger partial charge in [0.15, 0.2) is 0 Å². The summed E-state index contributed by atoms with van der Waals surface area (Å²) < 4.78 is 51.1. The van der Waals surface area contributed by atoms with Gasteiger partial charge in [0.25, 0.3) is 0 Å². The number of alkyl halides is 3. The smallest absolute Gasteiger partial charge is 0.381 e. The highest BCUT2D eigenvalue weighted by Gasteiger charge is 2.31. The number of aryl methyl sites for hydroxylation is 1. The Morgan fingerprint density at radius 2 is 1.81 bits per heavy atom. The van der Waals surface area contributed by atoms with E-state index in [9.17, 15) is 17.6 Å². The third-order valence-corrected chi connectivity index (χ3v) is 3.36. The van der Waals surface area contributed by atoms with Gasteiger partial charge in [0.1, 0.15) is 5.82 Å². The van der Waals surface area contributed by atoms with Gasteiger partial charge in [-0.2, -0.15) is 13.2 Å². The molecular weight excluding hydrogens is 306 g/mol. The minimum absolute atomic E-state index is 0.0697. The molecular formula is C15H12ClF4N. The molecule has 2 aromatic carbocycles. The van der Waals surface area contributed by atoms with Crippen LogP contribution in [-0.4, -0.2) is 0 Å². The van der Waals surface area contributed by atoms with Gasteiger partial charge in [-0.25, -0.2) is 4.39 Å². The predicted molar refractivity (Wildman–Crippen MR) is 74.9 cm³/mol. The van der Waals surface area contributed by atoms with E-state index < -0.39 is 17.6 Å². The Morgan fingerprint density at radius 3 is 2.43 bits per heavy atom. The minimum Gasteiger partial charge on any atom is -0.381 e. The molecule has 0 aliphatic rings. The van der Waals surface area contributed by atoms with E-state index in [1.807, 2.05) is 6.92 Å². The second-order valence-corrected chi connectivity index (χ2v) is 5.07. The number of anilines is 1. The second-order valence-electron chi connectivity index (χ2n) is 4.66. The molecule has 21 heavy (non-hydrogen) atoms. The summed E-state index contributed by atoms with van der Waals surface area (Å²) in [5.74, 6) is -0.913. The van der Waals surface area contributed by atoms with E-state index in [1.165, 1.54) is 0 Å². The number of benzene rings is 2. The average Bonchev–Trinajstić information content (AvgIpc) is 2.38. The van der Waals surface area contributed by atoms with E-state index in [1.54, 1.807) is 18.2 Å². The highest BCUT2D eigenvalue weighted by Crippen LogP contribution is 2.30. The number of halogens is 5. The van der Waals surface area contributed by atoms with Crippen LogP contribution in [0, 0.1) is 12.7 Å². The quantitative estimate of drug-likeness (QED) is 0.745. The SMILES string of the molecule is Cc1ccc(NCc2cc(F)cc(C(F)(F)F)c2)cc1Cl. The third kappa shape index (κ3) is 4.11. The van der Waals surface area contributed by atoms with Crippen LogP contribution in [0.2, 0.25) is 5.02 Å². The number of hydrogen-bond donors (Lipinski definition) is 1. The molecule has 1 N–H and O–H groups in total. The van der Waals surface area contributed by atoms with Crippen LogP contribution in [0.15, 0.2) is 36.4 Å². The van der Waals surface area contributed by atoms with Crippen molar-refractivity contribution >= 4 is 17.3 Å². The molecule has 0 aliphatic carbocycles. The molecule has 0 atom stereocenters. The summed E-state index contributed by atoms with van der Waals surface area (Å²) in [7, 11) is 0. The zero-order valence-electron chi connectivity index (χ0n) is 11.1. The van der Waals surface area contributed by atoms with Gasteiger partial charge in [-0.3, -0.25) is 0 Å². The van der Waals surface area contributed by atoms with E-state index in [-0.39, 0.29) is 12.1 Å². The van der Waals surface area contributed by atoms with Crippen LogP contribution in [0.4, 0.5) is 23.2 Å². The summed E-state index contributed by atoms with van der Waals surface area (Å²) in [4.78, 5) is 0. The van der Waals surface area contributed by atoms with Gasteiger partial charge in [0.2, 0.25) is 0 Å². The third-order valence-electron chi connectivity index (χ3n) is 2.95. The van der Waals surface area contributed by atoms with Crippen molar-refractivity contribution in [1.29, 1.82) is 0 Å². The number of hydrogen-bond acceptors (Lipinski definition) is 1. The summed E-state index contributed by atoms with van der Waals surface area (Å²) in [6.45, 7) is 1.91. The van der Waals surface area contributed by atoms with Gasteiger partial charge in [0.05, 0.1) is 5.56 Å². The zero-order valence-corrected chi connectivity index (χ0v) is 11.8. The molecule has 2 rings (SSSR count). The van der Waals surface area contributed by atoms with Crippen LogP contribution in [0.1, 0.15) is 16.7 Å². The minimum atomic E-state index is -4.57. The molecule has 1 nitrogen and oxygen atoms in total. The normalized spacial score (nSPS) is 11.5. The van der Waals surface area contributed by atoms with Gasteiger partial charge in [-0.1, -0.05) is 17.7 Å². The maximum absolute atomic E-state index is 13.3. The van der Waals surface area contributed by atoms with Crippen molar-refractivity contribution in [2.24, 2.45) is 0 Å². The van der Waals surface area contributed by atoms with Crippen molar-refractivity contribution < 1.29 is 17.6 Å². The Balaban J connectivity index is 2.16. The fourth-order valence-corrected chi connectivity index (χ4v) is 2.00. The fraction of sp³-hybridized carbons (Fsp3) is 0.200. The van der Waals surface area contributed by atoms with Crippen molar-refractivity contribution in [3.63, 3.8) is 0 Å². The van der Waals surface area contributed by atoms with Crippen LogP contribution >= 0.6 is 11.6 Å². The largest absolute Gasteiger partial charge is 0.416 e. The lowest BCUT2D eigenvalue weighted by molar-refractivity contribution is -0.137. The van der Waals surface area contributed by atoms with Gasteiger partial charge in [0, 0.05) is 17.3 Å². The van der Waals surface area contributed by atoms with Gasteiger partial charge in [-0.15, -0.1) is 0 Å².